The van der Waals surface area contributed by atoms with Gasteiger partial charge in [-0.3, -0.25) is 0 Å². The minimum Gasteiger partial charge on any atom is -0.392 e. The third-order valence-corrected chi connectivity index (χ3v) is 9.08. The second-order valence-corrected chi connectivity index (χ2v) is 11.2. The van der Waals surface area contributed by atoms with Gasteiger partial charge in [0.25, 0.3) is 0 Å². The Balaban J connectivity index is 1.74. The van der Waals surface area contributed by atoms with Crippen molar-refractivity contribution in [2.75, 3.05) is 6.61 Å². The maximum absolute atomic E-state index is 11.9. The first-order valence-electron chi connectivity index (χ1n) is 11.6. The molecule has 0 aromatic carbocycles. The number of hydrogen-bond donors (Lipinski definition) is 3. The van der Waals surface area contributed by atoms with Crippen LogP contribution in [-0.4, -0.2) is 45.3 Å². The van der Waals surface area contributed by atoms with Crippen LogP contribution in [0.2, 0.25) is 0 Å². The largest absolute Gasteiger partial charge is 0.392 e. The van der Waals surface area contributed by atoms with Crippen molar-refractivity contribution in [2.24, 2.45) is 29.1 Å². The lowest BCUT2D eigenvalue weighted by atomic mass is 9.60. The molecule has 3 aliphatic carbocycles. The molecule has 0 unspecified atom stereocenters. The Morgan fingerprint density at radius 3 is 2.59 bits per heavy atom. The zero-order valence-electron chi connectivity index (χ0n) is 18.8. The zero-order chi connectivity index (χ0) is 21.2. The van der Waals surface area contributed by atoms with Crippen LogP contribution < -0.4 is 0 Å². The standard InChI is InChI=1S/C25H40O4/c1-15(2)10-19-11-17(4)25(29-19)9-8-23(5)14-24(28)16(3)12-20(27)22(24)18(13-26)6-7-21(23)25/h6,10,16-17,19-22,26-28H,7-9,11-14H2,1-5H3/t16-,17+,19+,20-,21-,22+,23-,24-,25+/m1/s1. The molecular formula is C25H40O4. The average molecular weight is 405 g/mol. The molecule has 9 atom stereocenters. The fourth-order valence-corrected chi connectivity index (χ4v) is 7.71. The molecule has 1 saturated heterocycles. The summed E-state index contributed by atoms with van der Waals surface area (Å²) < 4.78 is 6.83. The third-order valence-electron chi connectivity index (χ3n) is 9.08. The molecule has 29 heavy (non-hydrogen) atoms. The topological polar surface area (TPSA) is 69.9 Å². The molecule has 0 aromatic heterocycles. The number of hydrogen-bond acceptors (Lipinski definition) is 4. The smallest absolute Gasteiger partial charge is 0.0770 e. The molecule has 3 fully saturated rings. The molecule has 164 valence electrons. The SMILES string of the molecule is CC(C)=C[C@H]1C[C@H](C)[C@]2(CC[C@]3(C)C[C@@]4(O)[C@H](C)C[C@@H](O)[C@@H]4C(CO)=CC[C@H]32)O1. The van der Waals surface area contributed by atoms with E-state index in [4.69, 9.17) is 4.74 Å². The van der Waals surface area contributed by atoms with Crippen LogP contribution in [-0.2, 0) is 4.74 Å². The van der Waals surface area contributed by atoms with Crippen LogP contribution in [0.15, 0.2) is 23.3 Å². The normalized spacial score (nSPS) is 51.9. The summed E-state index contributed by atoms with van der Waals surface area (Å²) in [7, 11) is 0. The van der Waals surface area contributed by atoms with Crippen molar-refractivity contribution in [1.29, 1.82) is 0 Å². The van der Waals surface area contributed by atoms with Crippen LogP contribution in [0.1, 0.15) is 73.1 Å². The van der Waals surface area contributed by atoms with Crippen molar-refractivity contribution in [1.82, 2.24) is 0 Å². The second kappa shape index (κ2) is 7.19. The Hall–Kier alpha value is -0.680. The lowest BCUT2D eigenvalue weighted by Crippen LogP contribution is -2.51. The van der Waals surface area contributed by atoms with E-state index in [-0.39, 0.29) is 35.6 Å². The van der Waals surface area contributed by atoms with Gasteiger partial charge in [-0.25, -0.2) is 0 Å². The highest BCUT2D eigenvalue weighted by Gasteiger charge is 2.65. The summed E-state index contributed by atoms with van der Waals surface area (Å²) in [6, 6.07) is 0. The molecule has 1 aliphatic heterocycles. The average Bonchev–Trinajstić information content (AvgIpc) is 3.13. The van der Waals surface area contributed by atoms with Crippen LogP contribution in [0.5, 0.6) is 0 Å². The Labute approximate surface area is 176 Å². The van der Waals surface area contributed by atoms with Crippen molar-refractivity contribution < 1.29 is 20.1 Å². The number of allylic oxidation sites excluding steroid dienone is 2. The molecule has 0 radical (unpaired) electrons. The molecule has 1 heterocycles. The Kier molecular flexibility index (Phi) is 5.34. The van der Waals surface area contributed by atoms with Gasteiger partial charge in [-0.15, -0.1) is 0 Å². The van der Waals surface area contributed by atoms with E-state index >= 15 is 0 Å². The summed E-state index contributed by atoms with van der Waals surface area (Å²) in [4.78, 5) is 0. The fourth-order valence-electron chi connectivity index (χ4n) is 7.71. The Morgan fingerprint density at radius 2 is 1.93 bits per heavy atom. The summed E-state index contributed by atoms with van der Waals surface area (Å²) in [5.74, 6) is 0.455. The summed E-state index contributed by atoms with van der Waals surface area (Å²) in [6.45, 7) is 10.9. The lowest BCUT2D eigenvalue weighted by molar-refractivity contribution is -0.116. The van der Waals surface area contributed by atoms with E-state index in [1.807, 2.05) is 0 Å². The van der Waals surface area contributed by atoms with Gasteiger partial charge in [0.15, 0.2) is 0 Å². The number of rotatable bonds is 2. The van der Waals surface area contributed by atoms with Crippen molar-refractivity contribution >= 4 is 0 Å². The summed E-state index contributed by atoms with van der Waals surface area (Å²) in [6.07, 6.45) is 9.25. The zero-order valence-corrected chi connectivity index (χ0v) is 18.8. The van der Waals surface area contributed by atoms with Crippen LogP contribution in [0.4, 0.5) is 0 Å². The summed E-state index contributed by atoms with van der Waals surface area (Å²) >= 11 is 0. The first-order valence-corrected chi connectivity index (χ1v) is 11.6. The second-order valence-electron chi connectivity index (χ2n) is 11.2. The van der Waals surface area contributed by atoms with Gasteiger partial charge >= 0.3 is 0 Å². The van der Waals surface area contributed by atoms with E-state index in [0.29, 0.717) is 24.7 Å². The molecule has 2 saturated carbocycles. The van der Waals surface area contributed by atoms with Crippen LogP contribution >= 0.6 is 0 Å². The molecule has 4 heteroatoms. The maximum atomic E-state index is 11.9. The van der Waals surface area contributed by atoms with E-state index in [2.05, 4.69) is 46.8 Å². The van der Waals surface area contributed by atoms with E-state index in [9.17, 15) is 15.3 Å². The van der Waals surface area contributed by atoms with Gasteiger partial charge in [0.05, 0.1) is 30.0 Å². The summed E-state index contributed by atoms with van der Waals surface area (Å²) in [5, 5.41) is 32.7. The molecule has 4 nitrogen and oxygen atoms in total. The minimum absolute atomic E-state index is 0.0184. The predicted molar refractivity (Wildman–Crippen MR) is 114 cm³/mol. The van der Waals surface area contributed by atoms with Crippen LogP contribution in [0, 0.1) is 29.1 Å². The number of aliphatic hydroxyl groups is 3. The van der Waals surface area contributed by atoms with Gasteiger partial charge in [-0.05, 0) is 81.1 Å². The molecule has 0 aromatic rings. The number of aliphatic hydroxyl groups excluding tert-OH is 2. The van der Waals surface area contributed by atoms with Gasteiger partial charge in [0, 0.05) is 5.92 Å². The number of fused-ring (bicyclic) bond motifs is 3. The van der Waals surface area contributed by atoms with Crippen molar-refractivity contribution in [3.63, 3.8) is 0 Å². The van der Waals surface area contributed by atoms with Crippen LogP contribution in [0.25, 0.3) is 0 Å². The van der Waals surface area contributed by atoms with Crippen molar-refractivity contribution in [3.05, 3.63) is 23.3 Å². The molecule has 3 N–H and O–H groups in total. The highest BCUT2D eigenvalue weighted by Crippen LogP contribution is 2.64. The molecule has 0 amide bonds. The van der Waals surface area contributed by atoms with Gasteiger partial charge in [0.2, 0.25) is 0 Å². The van der Waals surface area contributed by atoms with Crippen LogP contribution in [0.3, 0.4) is 0 Å². The van der Waals surface area contributed by atoms with Gasteiger partial charge in [-0.2, -0.15) is 0 Å². The van der Waals surface area contributed by atoms with Gasteiger partial charge in [-0.1, -0.05) is 38.5 Å². The molecular weight excluding hydrogens is 364 g/mol. The highest BCUT2D eigenvalue weighted by molar-refractivity contribution is 5.25. The minimum atomic E-state index is -0.964. The Morgan fingerprint density at radius 1 is 1.21 bits per heavy atom. The van der Waals surface area contributed by atoms with E-state index < -0.39 is 11.7 Å². The Bertz CT molecular complexity index is 710. The quantitative estimate of drug-likeness (QED) is 0.609. The van der Waals surface area contributed by atoms with E-state index in [1.165, 1.54) is 5.57 Å². The lowest BCUT2D eigenvalue weighted by Gasteiger charge is -2.48. The van der Waals surface area contributed by atoms with E-state index in [1.54, 1.807) is 0 Å². The highest BCUT2D eigenvalue weighted by atomic mass is 16.5. The van der Waals surface area contributed by atoms with E-state index in [0.717, 1.165) is 31.3 Å². The number of ether oxygens (including phenoxy) is 1. The molecule has 1 spiro atoms. The first-order chi connectivity index (χ1) is 13.6. The maximum Gasteiger partial charge on any atom is 0.0770 e. The fraction of sp³-hybridized carbons (Fsp3) is 0.840. The molecule has 4 aliphatic rings. The van der Waals surface area contributed by atoms with Gasteiger partial charge in [0.1, 0.15) is 0 Å². The van der Waals surface area contributed by atoms with Crippen molar-refractivity contribution in [2.45, 2.75) is 96.6 Å². The monoisotopic (exact) mass is 404 g/mol. The third kappa shape index (κ3) is 3.17. The summed E-state index contributed by atoms with van der Waals surface area (Å²) in [5.41, 5.74) is 0.961. The molecule has 4 rings (SSSR count). The predicted octanol–water partition coefficient (Wildman–Crippen LogP) is 3.99. The van der Waals surface area contributed by atoms with Crippen molar-refractivity contribution in [3.8, 4) is 0 Å². The first kappa shape index (κ1) is 21.5. The molecule has 0 bridgehead atoms. The van der Waals surface area contributed by atoms with Gasteiger partial charge < -0.3 is 20.1 Å².